The van der Waals surface area contributed by atoms with E-state index in [0.29, 0.717) is 5.75 Å². The van der Waals surface area contributed by atoms with Crippen LogP contribution in [0.25, 0.3) is 0 Å². The Labute approximate surface area is 166 Å². The highest BCUT2D eigenvalue weighted by atomic mass is 32.2. The number of nitrogens with one attached hydrogen (secondary N) is 2. The van der Waals surface area contributed by atoms with E-state index in [-0.39, 0.29) is 29.5 Å². The van der Waals surface area contributed by atoms with Crippen LogP contribution in [0.2, 0.25) is 0 Å². The first-order valence-corrected chi connectivity index (χ1v) is 11.0. The van der Waals surface area contributed by atoms with Gasteiger partial charge in [-0.2, -0.15) is 0 Å². The molecule has 0 saturated heterocycles. The molecule has 1 saturated carbocycles. The van der Waals surface area contributed by atoms with E-state index in [4.69, 9.17) is 4.74 Å². The SMILES string of the molecule is C[C@@H](NC(=O)COc1ccc(S(=O)(=O)NC2CCCC2)cc1)c1ccccc1. The number of carbonyl (C=O) groups is 1. The van der Waals surface area contributed by atoms with Crippen LogP contribution in [0.4, 0.5) is 0 Å². The van der Waals surface area contributed by atoms with Gasteiger partial charge in [-0.3, -0.25) is 4.79 Å². The van der Waals surface area contributed by atoms with Crippen LogP contribution in [0.5, 0.6) is 5.75 Å². The zero-order valence-electron chi connectivity index (χ0n) is 15.9. The Morgan fingerprint density at radius 2 is 1.71 bits per heavy atom. The fourth-order valence-electron chi connectivity index (χ4n) is 3.30. The number of ether oxygens (including phenoxy) is 1. The molecule has 28 heavy (non-hydrogen) atoms. The molecular formula is C21H26N2O4S. The van der Waals surface area contributed by atoms with E-state index in [1.165, 1.54) is 12.1 Å². The van der Waals surface area contributed by atoms with Gasteiger partial charge >= 0.3 is 0 Å². The quantitative estimate of drug-likeness (QED) is 0.710. The second-order valence-electron chi connectivity index (χ2n) is 7.06. The predicted molar refractivity (Wildman–Crippen MR) is 108 cm³/mol. The maximum atomic E-state index is 12.4. The molecule has 0 aliphatic heterocycles. The van der Waals surface area contributed by atoms with E-state index in [9.17, 15) is 13.2 Å². The van der Waals surface area contributed by atoms with Gasteiger partial charge in [0.2, 0.25) is 10.0 Å². The molecule has 1 aliphatic rings. The van der Waals surface area contributed by atoms with Crippen LogP contribution in [0.3, 0.4) is 0 Å². The molecule has 1 atom stereocenters. The Balaban J connectivity index is 1.50. The first kappa shape index (κ1) is 20.4. The van der Waals surface area contributed by atoms with Crippen LogP contribution in [0.15, 0.2) is 59.5 Å². The molecule has 0 heterocycles. The highest BCUT2D eigenvalue weighted by molar-refractivity contribution is 7.89. The third-order valence-electron chi connectivity index (χ3n) is 4.86. The highest BCUT2D eigenvalue weighted by Crippen LogP contribution is 2.21. The maximum absolute atomic E-state index is 12.4. The average molecular weight is 403 g/mol. The van der Waals surface area contributed by atoms with Gasteiger partial charge in [0, 0.05) is 6.04 Å². The molecule has 2 aromatic rings. The number of hydrogen-bond donors (Lipinski definition) is 2. The Kier molecular flexibility index (Phi) is 6.70. The van der Waals surface area contributed by atoms with Gasteiger partial charge in [0.05, 0.1) is 10.9 Å². The van der Waals surface area contributed by atoms with Crippen molar-refractivity contribution in [3.8, 4) is 5.75 Å². The number of rotatable bonds is 8. The van der Waals surface area contributed by atoms with Crippen LogP contribution < -0.4 is 14.8 Å². The van der Waals surface area contributed by atoms with Crippen LogP contribution in [0, 0.1) is 0 Å². The van der Waals surface area contributed by atoms with Crippen molar-refractivity contribution in [2.75, 3.05) is 6.61 Å². The molecule has 3 rings (SSSR count). The summed E-state index contributed by atoms with van der Waals surface area (Å²) in [6.45, 7) is 1.77. The molecule has 1 fully saturated rings. The zero-order valence-corrected chi connectivity index (χ0v) is 16.7. The third-order valence-corrected chi connectivity index (χ3v) is 6.39. The Bertz CT molecular complexity index is 876. The second kappa shape index (κ2) is 9.21. The molecule has 2 aromatic carbocycles. The van der Waals surface area contributed by atoms with Gasteiger partial charge in [-0.05, 0) is 49.6 Å². The maximum Gasteiger partial charge on any atom is 0.258 e. The van der Waals surface area contributed by atoms with Crippen molar-refractivity contribution in [2.24, 2.45) is 0 Å². The number of carbonyl (C=O) groups excluding carboxylic acids is 1. The third kappa shape index (κ3) is 5.56. The van der Waals surface area contributed by atoms with Crippen molar-refractivity contribution in [2.45, 2.75) is 49.6 Å². The summed E-state index contributed by atoms with van der Waals surface area (Å²) >= 11 is 0. The van der Waals surface area contributed by atoms with Gasteiger partial charge < -0.3 is 10.1 Å². The van der Waals surface area contributed by atoms with E-state index in [1.54, 1.807) is 12.1 Å². The van der Waals surface area contributed by atoms with Crippen molar-refractivity contribution in [1.29, 1.82) is 0 Å². The molecule has 0 radical (unpaired) electrons. The molecular weight excluding hydrogens is 376 g/mol. The van der Waals surface area contributed by atoms with Crippen molar-refractivity contribution in [3.05, 3.63) is 60.2 Å². The first-order valence-electron chi connectivity index (χ1n) is 9.53. The second-order valence-corrected chi connectivity index (χ2v) is 8.78. The number of hydrogen-bond acceptors (Lipinski definition) is 4. The van der Waals surface area contributed by atoms with Gasteiger partial charge in [-0.1, -0.05) is 43.2 Å². The lowest BCUT2D eigenvalue weighted by Crippen LogP contribution is -2.32. The minimum atomic E-state index is -3.52. The highest BCUT2D eigenvalue weighted by Gasteiger charge is 2.22. The summed E-state index contributed by atoms with van der Waals surface area (Å²) in [6.07, 6.45) is 3.89. The first-order chi connectivity index (χ1) is 13.4. The van der Waals surface area contributed by atoms with Gasteiger partial charge in [0.1, 0.15) is 5.75 Å². The minimum Gasteiger partial charge on any atom is -0.484 e. The summed E-state index contributed by atoms with van der Waals surface area (Å²) in [5.41, 5.74) is 1.01. The monoisotopic (exact) mass is 402 g/mol. The van der Waals surface area contributed by atoms with Crippen molar-refractivity contribution in [3.63, 3.8) is 0 Å². The van der Waals surface area contributed by atoms with Crippen LogP contribution >= 0.6 is 0 Å². The van der Waals surface area contributed by atoms with E-state index in [1.807, 2.05) is 37.3 Å². The van der Waals surface area contributed by atoms with Crippen molar-refractivity contribution < 1.29 is 17.9 Å². The van der Waals surface area contributed by atoms with Crippen molar-refractivity contribution in [1.82, 2.24) is 10.0 Å². The summed E-state index contributed by atoms with van der Waals surface area (Å²) in [5, 5.41) is 2.87. The standard InChI is InChI=1S/C21H26N2O4S/c1-16(17-7-3-2-4-8-17)22-21(24)15-27-19-11-13-20(14-12-19)28(25,26)23-18-9-5-6-10-18/h2-4,7-8,11-14,16,18,23H,5-6,9-10,15H2,1H3,(H,22,24)/t16-/m1/s1. The normalized spacial score (nSPS) is 15.9. The molecule has 7 heteroatoms. The van der Waals surface area contributed by atoms with E-state index >= 15 is 0 Å². The molecule has 2 N–H and O–H groups in total. The zero-order chi connectivity index (χ0) is 20.0. The van der Waals surface area contributed by atoms with E-state index in [0.717, 1.165) is 31.2 Å². The van der Waals surface area contributed by atoms with Gasteiger partial charge in [0.15, 0.2) is 6.61 Å². The molecule has 0 spiro atoms. The molecule has 6 nitrogen and oxygen atoms in total. The van der Waals surface area contributed by atoms with Gasteiger partial charge in [0.25, 0.3) is 5.91 Å². The summed E-state index contributed by atoms with van der Waals surface area (Å²) in [7, 11) is -3.52. The lowest BCUT2D eigenvalue weighted by molar-refractivity contribution is -0.123. The summed E-state index contributed by atoms with van der Waals surface area (Å²) in [6, 6.07) is 15.7. The van der Waals surface area contributed by atoms with E-state index < -0.39 is 10.0 Å². The van der Waals surface area contributed by atoms with Crippen LogP contribution in [-0.4, -0.2) is 27.0 Å². The van der Waals surface area contributed by atoms with Crippen LogP contribution in [-0.2, 0) is 14.8 Å². The van der Waals surface area contributed by atoms with E-state index in [2.05, 4.69) is 10.0 Å². The molecule has 1 aliphatic carbocycles. The lowest BCUT2D eigenvalue weighted by atomic mass is 10.1. The molecule has 0 aromatic heterocycles. The largest absolute Gasteiger partial charge is 0.484 e. The molecule has 1 amide bonds. The summed E-state index contributed by atoms with van der Waals surface area (Å²) in [4.78, 5) is 12.3. The topological polar surface area (TPSA) is 84.5 Å². The molecule has 0 bridgehead atoms. The van der Waals surface area contributed by atoms with Crippen LogP contribution in [0.1, 0.15) is 44.2 Å². The average Bonchev–Trinajstić information content (AvgIpc) is 3.19. The fraction of sp³-hybridized carbons (Fsp3) is 0.381. The fourth-order valence-corrected chi connectivity index (χ4v) is 4.61. The Hall–Kier alpha value is -2.38. The van der Waals surface area contributed by atoms with Gasteiger partial charge in [-0.15, -0.1) is 0 Å². The smallest absolute Gasteiger partial charge is 0.258 e. The van der Waals surface area contributed by atoms with Gasteiger partial charge in [-0.25, -0.2) is 13.1 Å². The lowest BCUT2D eigenvalue weighted by Gasteiger charge is -2.15. The molecule has 150 valence electrons. The minimum absolute atomic E-state index is 0.0243. The molecule has 0 unspecified atom stereocenters. The number of sulfonamides is 1. The predicted octanol–water partition coefficient (Wildman–Crippen LogP) is 3.16. The summed E-state index contributed by atoms with van der Waals surface area (Å²) in [5.74, 6) is 0.207. The number of amides is 1. The van der Waals surface area contributed by atoms with Crippen molar-refractivity contribution >= 4 is 15.9 Å². The summed E-state index contributed by atoms with van der Waals surface area (Å²) < 4.78 is 33.0. The number of benzene rings is 2. The Morgan fingerprint density at radius 1 is 1.07 bits per heavy atom. The Morgan fingerprint density at radius 3 is 2.36 bits per heavy atom.